The van der Waals surface area contributed by atoms with Crippen LogP contribution in [0, 0.1) is 0 Å². The molecule has 3 nitrogen and oxygen atoms in total. The normalized spacial score (nSPS) is 11.0. The molecule has 0 atom stereocenters. The predicted octanol–water partition coefficient (Wildman–Crippen LogP) is -0.631. The van der Waals surface area contributed by atoms with Crippen molar-refractivity contribution < 1.29 is 17.4 Å². The van der Waals surface area contributed by atoms with Crippen LogP contribution in [0.15, 0.2) is 0 Å². The molecule has 7 heteroatoms. The van der Waals surface area contributed by atoms with Gasteiger partial charge in [-0.3, -0.25) is 0 Å². The molecule has 0 rings (SSSR count). The van der Waals surface area contributed by atoms with Crippen molar-refractivity contribution in [3.8, 4) is 0 Å². The SMILES string of the molecule is CS(=O)(=O)N(F)F.[LiH]. The summed E-state index contributed by atoms with van der Waals surface area (Å²) in [6.07, 6.45) is 0.410. The third kappa shape index (κ3) is 4.52. The van der Waals surface area contributed by atoms with Crippen molar-refractivity contribution in [2.24, 2.45) is 0 Å². The van der Waals surface area contributed by atoms with Gasteiger partial charge in [0.2, 0.25) is 0 Å². The molecule has 46 valence electrons. The van der Waals surface area contributed by atoms with E-state index in [1.165, 1.54) is 0 Å². The molecule has 0 saturated heterocycles. The maximum absolute atomic E-state index is 10.8. The Labute approximate surface area is 57.8 Å². The van der Waals surface area contributed by atoms with E-state index in [-0.39, 0.29) is 18.9 Å². The fourth-order valence-electron chi connectivity index (χ4n) is 0. The summed E-state index contributed by atoms with van der Waals surface area (Å²) in [6, 6.07) is 0. The molecular formula is CH4F2LiNO2S. The van der Waals surface area contributed by atoms with Gasteiger partial charge >= 0.3 is 18.9 Å². The van der Waals surface area contributed by atoms with Crippen molar-refractivity contribution >= 4 is 28.9 Å². The average Bonchev–Trinajstić information content (AvgIpc) is 1.31. The van der Waals surface area contributed by atoms with E-state index < -0.39 is 14.8 Å². The molecule has 0 unspecified atom stereocenters. The molecule has 0 saturated carbocycles. The molecule has 0 aliphatic rings. The van der Waals surface area contributed by atoms with Crippen LogP contribution >= 0.6 is 0 Å². The van der Waals surface area contributed by atoms with Crippen LogP contribution in [0.25, 0.3) is 0 Å². The van der Waals surface area contributed by atoms with Gasteiger partial charge in [0.05, 0.1) is 6.26 Å². The van der Waals surface area contributed by atoms with E-state index in [2.05, 4.69) is 0 Å². The minimum absolute atomic E-state index is 0. The maximum atomic E-state index is 10.8. The number of hydrogen-bond donors (Lipinski definition) is 0. The van der Waals surface area contributed by atoms with E-state index in [1.807, 2.05) is 0 Å². The summed E-state index contributed by atoms with van der Waals surface area (Å²) in [6.45, 7) is 0. The van der Waals surface area contributed by atoms with E-state index >= 15 is 0 Å². The molecule has 0 radical (unpaired) electrons. The average molecular weight is 139 g/mol. The molecule has 0 aromatic carbocycles. The van der Waals surface area contributed by atoms with Gasteiger partial charge in [0, 0.05) is 0 Å². The first-order valence-corrected chi connectivity index (χ1v) is 3.11. The molecule has 0 aromatic rings. The summed E-state index contributed by atoms with van der Waals surface area (Å²) in [7, 11) is -4.24. The summed E-state index contributed by atoms with van der Waals surface area (Å²) >= 11 is 0. The Balaban J connectivity index is 0. The summed E-state index contributed by atoms with van der Waals surface area (Å²) in [5, 5.41) is 0. The molecule has 0 fully saturated rings. The molecule has 0 bridgehead atoms. The van der Waals surface area contributed by atoms with Crippen LogP contribution in [0.2, 0.25) is 0 Å². The second-order valence-electron chi connectivity index (χ2n) is 0.935. The Kier molecular flexibility index (Phi) is 4.77. The van der Waals surface area contributed by atoms with Crippen molar-refractivity contribution in [2.75, 3.05) is 6.26 Å². The molecule has 0 aliphatic heterocycles. The molecule has 0 amide bonds. The van der Waals surface area contributed by atoms with Crippen LogP contribution in [0.3, 0.4) is 0 Å². The quantitative estimate of drug-likeness (QED) is 0.358. The number of nitrogens with zero attached hydrogens (tertiary/aromatic N) is 1. The fraction of sp³-hybridized carbons (Fsp3) is 1.00. The van der Waals surface area contributed by atoms with Crippen LogP contribution in [0.5, 0.6) is 0 Å². The van der Waals surface area contributed by atoms with Crippen molar-refractivity contribution in [2.45, 2.75) is 0 Å². The Bertz CT molecular complexity index is 142. The fourth-order valence-corrected chi connectivity index (χ4v) is 0. The Morgan fingerprint density at radius 1 is 1.38 bits per heavy atom. The first kappa shape index (κ1) is 11.2. The third-order valence-corrected chi connectivity index (χ3v) is 0.752. The van der Waals surface area contributed by atoms with Gasteiger partial charge in [-0.2, -0.15) is 0 Å². The second kappa shape index (κ2) is 3.40. The molecule has 8 heavy (non-hydrogen) atoms. The summed E-state index contributed by atoms with van der Waals surface area (Å²) in [5.74, 6) is 0. The molecule has 0 aromatic heterocycles. The van der Waals surface area contributed by atoms with Crippen molar-refractivity contribution in [3.63, 3.8) is 0 Å². The van der Waals surface area contributed by atoms with Crippen molar-refractivity contribution in [3.05, 3.63) is 0 Å². The van der Waals surface area contributed by atoms with E-state index in [1.54, 1.807) is 0 Å². The van der Waals surface area contributed by atoms with Gasteiger partial charge in [-0.25, -0.2) is 8.42 Å². The van der Waals surface area contributed by atoms with Gasteiger partial charge in [0.15, 0.2) is 0 Å². The Hall–Kier alpha value is 0.367. The predicted molar refractivity (Wildman–Crippen MR) is 26.0 cm³/mol. The van der Waals surface area contributed by atoms with Crippen molar-refractivity contribution in [1.29, 1.82) is 0 Å². The standard InChI is InChI=1S/CH3F2NO2S.Li.H/c1-7(5,6)4(2)3;;/h1H3;;. The number of halogens is 2. The molecular weight excluding hydrogens is 135 g/mol. The Morgan fingerprint density at radius 3 is 1.50 bits per heavy atom. The topological polar surface area (TPSA) is 37.4 Å². The first-order valence-electron chi connectivity index (χ1n) is 1.26. The Morgan fingerprint density at radius 2 is 1.50 bits per heavy atom. The zero-order valence-electron chi connectivity index (χ0n) is 3.43. The van der Waals surface area contributed by atoms with Crippen LogP contribution < -0.4 is 0 Å². The molecule has 0 heterocycles. The molecule has 0 N–H and O–H groups in total. The van der Waals surface area contributed by atoms with Crippen LogP contribution in [0.1, 0.15) is 0 Å². The van der Waals surface area contributed by atoms with Gasteiger partial charge in [-0.15, -0.1) is 0 Å². The van der Waals surface area contributed by atoms with E-state index in [4.69, 9.17) is 0 Å². The van der Waals surface area contributed by atoms with Crippen LogP contribution in [0.4, 0.5) is 8.96 Å². The zero-order chi connectivity index (χ0) is 6.08. The van der Waals surface area contributed by atoms with Gasteiger partial charge < -0.3 is 0 Å². The number of hydrogen-bond acceptors (Lipinski definition) is 2. The zero-order valence-corrected chi connectivity index (χ0v) is 4.24. The van der Waals surface area contributed by atoms with Crippen molar-refractivity contribution in [1.82, 2.24) is 4.75 Å². The third-order valence-electron chi connectivity index (χ3n) is 0.251. The molecule has 0 aliphatic carbocycles. The first-order chi connectivity index (χ1) is 2.94. The summed E-state index contributed by atoms with van der Waals surface area (Å²) in [4.78, 5) is 0. The van der Waals surface area contributed by atoms with Gasteiger partial charge in [-0.1, -0.05) is 8.96 Å². The van der Waals surface area contributed by atoms with Gasteiger partial charge in [-0.05, 0) is 0 Å². The van der Waals surface area contributed by atoms with Gasteiger partial charge in [0.25, 0.3) is 10.0 Å². The summed E-state index contributed by atoms with van der Waals surface area (Å²) in [5.41, 5.74) is 0. The van der Waals surface area contributed by atoms with Gasteiger partial charge in [0.1, 0.15) is 4.75 Å². The van der Waals surface area contributed by atoms with Crippen LogP contribution in [-0.2, 0) is 10.0 Å². The number of rotatable bonds is 1. The number of sulfonamides is 1. The van der Waals surface area contributed by atoms with Crippen LogP contribution in [-0.4, -0.2) is 38.3 Å². The van der Waals surface area contributed by atoms with E-state index in [0.717, 1.165) is 0 Å². The minimum atomic E-state index is -4.24. The second-order valence-corrected chi connectivity index (χ2v) is 2.68. The molecule has 0 spiro atoms. The van der Waals surface area contributed by atoms with E-state index in [9.17, 15) is 17.4 Å². The monoisotopic (exact) mass is 139 g/mol. The van der Waals surface area contributed by atoms with E-state index in [0.29, 0.717) is 6.26 Å². The summed E-state index contributed by atoms with van der Waals surface area (Å²) < 4.78 is 38.7.